The van der Waals surface area contributed by atoms with Crippen LogP contribution in [0, 0.1) is 0 Å². The molecule has 2 atom stereocenters. The van der Waals surface area contributed by atoms with Crippen molar-refractivity contribution >= 4 is 5.91 Å². The number of likely N-dealkylation sites (N-methyl/N-ethyl adjacent to an activating group) is 1. The fraction of sp³-hybridized carbons (Fsp3) is 0.500. The molecule has 0 bridgehead atoms. The monoisotopic (exact) mass is 248 g/mol. The van der Waals surface area contributed by atoms with Gasteiger partial charge in [-0.1, -0.05) is 12.1 Å². The van der Waals surface area contributed by atoms with E-state index in [2.05, 4.69) is 16.7 Å². The molecule has 4 nitrogen and oxygen atoms in total. The minimum absolute atomic E-state index is 0.101. The molecule has 0 fully saturated rings. The highest BCUT2D eigenvalue weighted by Crippen LogP contribution is 2.36. The maximum atomic E-state index is 11.5. The van der Waals surface area contributed by atoms with Crippen molar-refractivity contribution in [3.63, 3.8) is 0 Å². The van der Waals surface area contributed by atoms with Crippen molar-refractivity contribution in [2.75, 3.05) is 14.1 Å². The van der Waals surface area contributed by atoms with Crippen LogP contribution >= 0.6 is 0 Å². The molecule has 2 unspecified atom stereocenters. The average molecular weight is 248 g/mol. The Labute approximate surface area is 108 Å². The average Bonchev–Trinajstić information content (AvgIpc) is 2.81. The molecule has 18 heavy (non-hydrogen) atoms. The van der Waals surface area contributed by atoms with Crippen molar-refractivity contribution in [3.05, 3.63) is 29.3 Å². The Bertz CT molecular complexity index is 445. The lowest BCUT2D eigenvalue weighted by molar-refractivity contribution is -0.126. The number of ether oxygens (including phenoxy) is 1. The van der Waals surface area contributed by atoms with Crippen molar-refractivity contribution in [3.8, 4) is 5.75 Å². The van der Waals surface area contributed by atoms with Gasteiger partial charge in [-0.05, 0) is 44.0 Å². The molecule has 0 spiro atoms. The first-order valence-electron chi connectivity index (χ1n) is 6.34. The van der Waals surface area contributed by atoms with Crippen LogP contribution in [-0.2, 0) is 11.2 Å². The fourth-order valence-corrected chi connectivity index (χ4v) is 2.48. The molecule has 1 amide bonds. The fourth-order valence-electron chi connectivity index (χ4n) is 2.48. The van der Waals surface area contributed by atoms with Gasteiger partial charge in [0, 0.05) is 13.1 Å². The van der Waals surface area contributed by atoms with Crippen molar-refractivity contribution in [1.82, 2.24) is 10.6 Å². The maximum absolute atomic E-state index is 11.5. The molecule has 0 radical (unpaired) electrons. The molecule has 4 heteroatoms. The van der Waals surface area contributed by atoms with Crippen molar-refractivity contribution in [2.45, 2.75) is 31.9 Å². The van der Waals surface area contributed by atoms with E-state index in [1.54, 1.807) is 14.0 Å². The van der Waals surface area contributed by atoms with E-state index in [1.165, 1.54) is 11.1 Å². The van der Waals surface area contributed by atoms with Gasteiger partial charge in [0.2, 0.25) is 0 Å². The number of fused-ring (bicyclic) bond motifs is 1. The summed E-state index contributed by atoms with van der Waals surface area (Å²) in [6.45, 7) is 1.77. The molecule has 0 heterocycles. The first-order valence-corrected chi connectivity index (χ1v) is 6.34. The lowest BCUT2D eigenvalue weighted by atomic mass is 10.1. The van der Waals surface area contributed by atoms with E-state index >= 15 is 0 Å². The summed E-state index contributed by atoms with van der Waals surface area (Å²) in [7, 11) is 3.59. The van der Waals surface area contributed by atoms with Crippen LogP contribution in [0.25, 0.3) is 0 Å². The molecular weight excluding hydrogens is 228 g/mol. The number of carbonyl (C=O) groups excluding carboxylic acids is 1. The SMILES string of the molecule is CNC(=O)C(C)Oc1cccc2c1CCC2NC. The van der Waals surface area contributed by atoms with Crippen LogP contribution in [0.2, 0.25) is 0 Å². The Hall–Kier alpha value is -1.55. The normalized spacial score (nSPS) is 19.2. The predicted octanol–water partition coefficient (Wildman–Crippen LogP) is 1.41. The number of benzene rings is 1. The van der Waals surface area contributed by atoms with Crippen LogP contribution in [0.4, 0.5) is 0 Å². The lowest BCUT2D eigenvalue weighted by Gasteiger charge is -2.16. The summed E-state index contributed by atoms with van der Waals surface area (Å²) in [6, 6.07) is 6.45. The highest BCUT2D eigenvalue weighted by atomic mass is 16.5. The van der Waals surface area contributed by atoms with E-state index in [0.29, 0.717) is 6.04 Å². The molecule has 98 valence electrons. The van der Waals surface area contributed by atoms with E-state index in [4.69, 9.17) is 4.74 Å². The minimum atomic E-state index is -0.463. The minimum Gasteiger partial charge on any atom is -0.481 e. The third-order valence-electron chi connectivity index (χ3n) is 3.50. The Morgan fingerprint density at radius 1 is 1.44 bits per heavy atom. The topological polar surface area (TPSA) is 50.4 Å². The van der Waals surface area contributed by atoms with Gasteiger partial charge < -0.3 is 15.4 Å². The van der Waals surface area contributed by atoms with Gasteiger partial charge in [0.1, 0.15) is 5.75 Å². The standard InChI is InChI=1S/C14H20N2O2/c1-9(14(17)16-3)18-13-6-4-5-10-11(13)7-8-12(10)15-2/h4-6,9,12,15H,7-8H2,1-3H3,(H,16,17). The third-order valence-corrected chi connectivity index (χ3v) is 3.50. The first-order chi connectivity index (χ1) is 8.67. The van der Waals surface area contributed by atoms with Gasteiger partial charge in [-0.15, -0.1) is 0 Å². The largest absolute Gasteiger partial charge is 0.481 e. The van der Waals surface area contributed by atoms with E-state index in [1.807, 2.05) is 19.2 Å². The lowest BCUT2D eigenvalue weighted by Crippen LogP contribution is -2.33. The van der Waals surface area contributed by atoms with Crippen LogP contribution in [0.1, 0.15) is 30.5 Å². The molecule has 1 aliphatic carbocycles. The number of hydrogen-bond donors (Lipinski definition) is 2. The molecule has 1 aliphatic rings. The summed E-state index contributed by atoms with van der Waals surface area (Å²) in [6.07, 6.45) is 1.62. The predicted molar refractivity (Wildman–Crippen MR) is 70.7 cm³/mol. The van der Waals surface area contributed by atoms with Crippen LogP contribution < -0.4 is 15.4 Å². The van der Waals surface area contributed by atoms with Gasteiger partial charge >= 0.3 is 0 Å². The summed E-state index contributed by atoms with van der Waals surface area (Å²) in [5, 5.41) is 5.90. The highest BCUT2D eigenvalue weighted by molar-refractivity contribution is 5.80. The second kappa shape index (κ2) is 5.40. The summed E-state index contributed by atoms with van der Waals surface area (Å²) in [5.41, 5.74) is 2.52. The second-order valence-electron chi connectivity index (χ2n) is 4.58. The molecule has 0 aromatic heterocycles. The zero-order chi connectivity index (χ0) is 13.1. The van der Waals surface area contributed by atoms with Crippen LogP contribution in [0.5, 0.6) is 5.75 Å². The smallest absolute Gasteiger partial charge is 0.260 e. The first kappa shape index (κ1) is 12.9. The molecule has 0 saturated carbocycles. The zero-order valence-corrected chi connectivity index (χ0v) is 11.1. The number of rotatable bonds is 4. The zero-order valence-electron chi connectivity index (χ0n) is 11.1. The third kappa shape index (κ3) is 2.34. The van der Waals surface area contributed by atoms with E-state index in [-0.39, 0.29) is 5.91 Å². The molecule has 1 aromatic carbocycles. The summed E-state index contributed by atoms with van der Waals surface area (Å²) >= 11 is 0. The van der Waals surface area contributed by atoms with Crippen molar-refractivity contribution < 1.29 is 9.53 Å². The summed E-state index contributed by atoms with van der Waals surface area (Å²) in [5.74, 6) is 0.733. The van der Waals surface area contributed by atoms with Crippen LogP contribution in [0.3, 0.4) is 0 Å². The van der Waals surface area contributed by atoms with E-state index < -0.39 is 6.10 Å². The van der Waals surface area contributed by atoms with Gasteiger partial charge in [0.25, 0.3) is 5.91 Å². The van der Waals surface area contributed by atoms with Crippen LogP contribution in [0.15, 0.2) is 18.2 Å². The van der Waals surface area contributed by atoms with Gasteiger partial charge in [0.05, 0.1) is 0 Å². The van der Waals surface area contributed by atoms with Crippen LogP contribution in [-0.4, -0.2) is 26.1 Å². The molecule has 0 aliphatic heterocycles. The Kier molecular flexibility index (Phi) is 3.87. The number of nitrogens with one attached hydrogen (secondary N) is 2. The van der Waals surface area contributed by atoms with Gasteiger partial charge in [-0.3, -0.25) is 4.79 Å². The molecule has 2 N–H and O–H groups in total. The number of hydrogen-bond acceptors (Lipinski definition) is 3. The highest BCUT2D eigenvalue weighted by Gasteiger charge is 2.25. The molecule has 1 aromatic rings. The van der Waals surface area contributed by atoms with Gasteiger partial charge in [-0.2, -0.15) is 0 Å². The summed E-state index contributed by atoms with van der Waals surface area (Å²) in [4.78, 5) is 11.5. The Morgan fingerprint density at radius 3 is 2.89 bits per heavy atom. The molecular formula is C14H20N2O2. The number of carbonyl (C=O) groups is 1. The van der Waals surface area contributed by atoms with Crippen molar-refractivity contribution in [1.29, 1.82) is 0 Å². The van der Waals surface area contributed by atoms with Crippen molar-refractivity contribution in [2.24, 2.45) is 0 Å². The summed E-state index contributed by atoms with van der Waals surface area (Å²) < 4.78 is 5.76. The van der Waals surface area contributed by atoms with E-state index in [9.17, 15) is 4.79 Å². The molecule has 2 rings (SSSR count). The Balaban J connectivity index is 2.20. The maximum Gasteiger partial charge on any atom is 0.260 e. The van der Waals surface area contributed by atoms with Gasteiger partial charge in [0.15, 0.2) is 6.10 Å². The Morgan fingerprint density at radius 2 is 2.22 bits per heavy atom. The molecule has 0 saturated heterocycles. The second-order valence-corrected chi connectivity index (χ2v) is 4.58. The van der Waals surface area contributed by atoms with Gasteiger partial charge in [-0.25, -0.2) is 0 Å². The number of amides is 1. The van der Waals surface area contributed by atoms with E-state index in [0.717, 1.165) is 18.6 Å². The quantitative estimate of drug-likeness (QED) is 0.847.